The molecule has 0 heterocycles. The molecule has 2 aliphatic rings. The Balaban J connectivity index is 1.84. The van der Waals surface area contributed by atoms with Crippen LogP contribution in [0.3, 0.4) is 0 Å². The maximum atomic E-state index is 3.52. The third-order valence-corrected chi connectivity index (χ3v) is 4.26. The molecule has 2 rings (SSSR count). The fraction of sp³-hybridized carbons (Fsp3) is 1.00. The molecule has 0 spiro atoms. The van der Waals surface area contributed by atoms with E-state index in [2.05, 4.69) is 15.9 Å². The molecule has 0 aromatic carbocycles. The Labute approximate surface area is 77.9 Å². The highest BCUT2D eigenvalue weighted by atomic mass is 79.9. The lowest BCUT2D eigenvalue weighted by Crippen LogP contribution is -2.05. The van der Waals surface area contributed by atoms with Gasteiger partial charge in [0.1, 0.15) is 0 Å². The van der Waals surface area contributed by atoms with E-state index >= 15 is 0 Å². The van der Waals surface area contributed by atoms with Gasteiger partial charge in [0.15, 0.2) is 0 Å². The first-order valence-corrected chi connectivity index (χ1v) is 6.10. The molecule has 0 N–H and O–H groups in total. The van der Waals surface area contributed by atoms with Crippen molar-refractivity contribution in [2.75, 3.05) is 5.33 Å². The van der Waals surface area contributed by atoms with Crippen LogP contribution in [0.2, 0.25) is 0 Å². The van der Waals surface area contributed by atoms with E-state index in [0.29, 0.717) is 0 Å². The highest BCUT2D eigenvalue weighted by Crippen LogP contribution is 2.51. The number of hydrogen-bond donors (Lipinski definition) is 0. The van der Waals surface area contributed by atoms with Gasteiger partial charge < -0.3 is 0 Å². The van der Waals surface area contributed by atoms with Gasteiger partial charge in [-0.2, -0.15) is 0 Å². The van der Waals surface area contributed by atoms with Crippen molar-refractivity contribution in [1.82, 2.24) is 0 Å². The van der Waals surface area contributed by atoms with Gasteiger partial charge in [-0.1, -0.05) is 15.9 Å². The lowest BCUT2D eigenvalue weighted by atomic mass is 9.93. The van der Waals surface area contributed by atoms with Gasteiger partial charge in [0.05, 0.1) is 0 Å². The van der Waals surface area contributed by atoms with Crippen molar-refractivity contribution in [3.8, 4) is 0 Å². The standard InChI is InChI=1S/C10H17Br/c11-7-1-2-10-8-3-4-9(10)6-5-8/h8-10H,1-7H2. The summed E-state index contributed by atoms with van der Waals surface area (Å²) in [6, 6.07) is 0. The van der Waals surface area contributed by atoms with E-state index in [-0.39, 0.29) is 0 Å². The summed E-state index contributed by atoms with van der Waals surface area (Å²) in [6.07, 6.45) is 9.11. The average molecular weight is 217 g/mol. The van der Waals surface area contributed by atoms with Crippen LogP contribution in [0.5, 0.6) is 0 Å². The minimum Gasteiger partial charge on any atom is -0.0928 e. The molecule has 0 atom stereocenters. The van der Waals surface area contributed by atoms with E-state index in [1.165, 1.54) is 18.2 Å². The first-order valence-electron chi connectivity index (χ1n) is 4.98. The van der Waals surface area contributed by atoms with E-state index < -0.39 is 0 Å². The molecule has 2 fully saturated rings. The van der Waals surface area contributed by atoms with Gasteiger partial charge in [0.25, 0.3) is 0 Å². The lowest BCUT2D eigenvalue weighted by Gasteiger charge is -2.13. The zero-order valence-electron chi connectivity index (χ0n) is 7.06. The Morgan fingerprint density at radius 2 is 1.55 bits per heavy atom. The Morgan fingerprint density at radius 1 is 1.00 bits per heavy atom. The predicted octanol–water partition coefficient (Wildman–Crippen LogP) is 3.60. The summed E-state index contributed by atoms with van der Waals surface area (Å²) in [5.74, 6) is 3.41. The zero-order valence-corrected chi connectivity index (χ0v) is 8.65. The van der Waals surface area contributed by atoms with Crippen LogP contribution in [-0.2, 0) is 0 Å². The summed E-state index contributed by atoms with van der Waals surface area (Å²) >= 11 is 3.52. The minimum atomic E-state index is 1.13. The Bertz CT molecular complexity index is 113. The highest BCUT2D eigenvalue weighted by molar-refractivity contribution is 9.09. The summed E-state index contributed by atoms with van der Waals surface area (Å²) in [5.41, 5.74) is 0. The van der Waals surface area contributed by atoms with Crippen molar-refractivity contribution in [3.63, 3.8) is 0 Å². The Kier molecular flexibility index (Phi) is 2.55. The molecule has 0 aromatic rings. The summed E-state index contributed by atoms with van der Waals surface area (Å²) in [4.78, 5) is 0. The molecule has 2 saturated carbocycles. The SMILES string of the molecule is BrCCCC1C2CCC1CC2. The van der Waals surface area contributed by atoms with Gasteiger partial charge in [0.2, 0.25) is 0 Å². The Morgan fingerprint density at radius 3 is 2.00 bits per heavy atom. The molecule has 0 unspecified atom stereocenters. The smallest absolute Gasteiger partial charge is 0.00314 e. The third-order valence-electron chi connectivity index (χ3n) is 3.70. The second kappa shape index (κ2) is 3.47. The second-order valence-electron chi connectivity index (χ2n) is 4.17. The van der Waals surface area contributed by atoms with Crippen LogP contribution in [-0.4, -0.2) is 5.33 Å². The molecule has 11 heavy (non-hydrogen) atoms. The fourth-order valence-electron chi connectivity index (χ4n) is 3.17. The monoisotopic (exact) mass is 216 g/mol. The van der Waals surface area contributed by atoms with E-state index in [9.17, 15) is 0 Å². The molecule has 64 valence electrons. The number of alkyl halides is 1. The largest absolute Gasteiger partial charge is 0.0928 e. The molecule has 1 heteroatoms. The molecule has 0 radical (unpaired) electrons. The molecule has 0 aliphatic heterocycles. The van der Waals surface area contributed by atoms with Crippen LogP contribution in [0.1, 0.15) is 38.5 Å². The number of fused-ring (bicyclic) bond motifs is 2. The number of halogens is 1. The summed E-state index contributed by atoms with van der Waals surface area (Å²) < 4.78 is 0. The molecule has 0 nitrogen and oxygen atoms in total. The van der Waals surface area contributed by atoms with Crippen molar-refractivity contribution in [2.24, 2.45) is 17.8 Å². The second-order valence-corrected chi connectivity index (χ2v) is 4.96. The summed E-state index contributed by atoms with van der Waals surface area (Å²) in [6.45, 7) is 0. The topological polar surface area (TPSA) is 0 Å². The van der Waals surface area contributed by atoms with Crippen LogP contribution < -0.4 is 0 Å². The van der Waals surface area contributed by atoms with Gasteiger partial charge in [0, 0.05) is 5.33 Å². The zero-order chi connectivity index (χ0) is 7.68. The summed E-state index contributed by atoms with van der Waals surface area (Å²) in [7, 11) is 0. The summed E-state index contributed by atoms with van der Waals surface area (Å²) in [5, 5.41) is 1.21. The predicted molar refractivity (Wildman–Crippen MR) is 52.0 cm³/mol. The maximum absolute atomic E-state index is 3.52. The highest BCUT2D eigenvalue weighted by Gasteiger charge is 2.40. The third kappa shape index (κ3) is 1.49. The van der Waals surface area contributed by atoms with E-state index in [4.69, 9.17) is 0 Å². The number of rotatable bonds is 3. The van der Waals surface area contributed by atoms with Crippen LogP contribution in [0, 0.1) is 17.8 Å². The molecule has 0 aromatic heterocycles. The minimum absolute atomic E-state index is 1.13. The van der Waals surface area contributed by atoms with Crippen molar-refractivity contribution in [3.05, 3.63) is 0 Å². The Hall–Kier alpha value is 0.480. The van der Waals surface area contributed by atoms with E-state index in [1.807, 2.05) is 0 Å². The van der Waals surface area contributed by atoms with Gasteiger partial charge in [-0.15, -0.1) is 0 Å². The van der Waals surface area contributed by atoms with Gasteiger partial charge in [-0.05, 0) is 56.3 Å². The van der Waals surface area contributed by atoms with E-state index in [0.717, 1.165) is 17.8 Å². The average Bonchev–Trinajstić information content (AvgIpc) is 2.59. The van der Waals surface area contributed by atoms with Crippen LogP contribution in [0.15, 0.2) is 0 Å². The van der Waals surface area contributed by atoms with Crippen molar-refractivity contribution < 1.29 is 0 Å². The van der Waals surface area contributed by atoms with Crippen molar-refractivity contribution in [2.45, 2.75) is 38.5 Å². The lowest BCUT2D eigenvalue weighted by molar-refractivity contribution is 0.375. The van der Waals surface area contributed by atoms with Crippen LogP contribution in [0.25, 0.3) is 0 Å². The van der Waals surface area contributed by atoms with Gasteiger partial charge >= 0.3 is 0 Å². The molecular weight excluding hydrogens is 200 g/mol. The van der Waals surface area contributed by atoms with Crippen LogP contribution >= 0.6 is 15.9 Å². The van der Waals surface area contributed by atoms with Crippen molar-refractivity contribution >= 4 is 15.9 Å². The molecule has 0 saturated heterocycles. The number of hydrogen-bond acceptors (Lipinski definition) is 0. The van der Waals surface area contributed by atoms with Crippen molar-refractivity contribution in [1.29, 1.82) is 0 Å². The first kappa shape index (κ1) is 8.10. The quantitative estimate of drug-likeness (QED) is 0.633. The van der Waals surface area contributed by atoms with Crippen LogP contribution in [0.4, 0.5) is 0 Å². The molecule has 2 bridgehead atoms. The first-order chi connectivity index (χ1) is 5.42. The molecular formula is C10H17Br. The molecule has 2 aliphatic carbocycles. The fourth-order valence-corrected chi connectivity index (χ4v) is 3.49. The maximum Gasteiger partial charge on any atom is 0.00314 e. The van der Waals surface area contributed by atoms with Gasteiger partial charge in [-0.25, -0.2) is 0 Å². The molecule has 0 amide bonds. The normalized spacial score (nSPS) is 41.7. The van der Waals surface area contributed by atoms with E-state index in [1.54, 1.807) is 25.7 Å². The van der Waals surface area contributed by atoms with Gasteiger partial charge in [-0.3, -0.25) is 0 Å².